The van der Waals surface area contributed by atoms with Gasteiger partial charge in [0.15, 0.2) is 11.8 Å². The number of Topliss-reactive ketones (excluding diaryl/α,β-unsaturated/α-hetero) is 1. The van der Waals surface area contributed by atoms with Crippen molar-refractivity contribution in [3.8, 4) is 0 Å². The Hall–Kier alpha value is -3.34. The Bertz CT molecular complexity index is 1020. The van der Waals surface area contributed by atoms with Crippen LogP contribution in [0.2, 0.25) is 0 Å². The Morgan fingerprint density at radius 3 is 2.48 bits per heavy atom. The van der Waals surface area contributed by atoms with Gasteiger partial charge in [-0.05, 0) is 31.2 Å². The smallest absolute Gasteiger partial charge is 0.193 e. The number of benzene rings is 2. The number of ketones is 1. The number of rotatable bonds is 4. The van der Waals surface area contributed by atoms with E-state index in [1.54, 1.807) is 10.9 Å². The zero-order valence-electron chi connectivity index (χ0n) is 13.7. The molecule has 2 aromatic carbocycles. The van der Waals surface area contributed by atoms with Crippen molar-refractivity contribution < 1.29 is 4.79 Å². The Balaban J connectivity index is 1.88. The van der Waals surface area contributed by atoms with Gasteiger partial charge in [0.2, 0.25) is 0 Å². The molecule has 0 amide bonds. The number of nitrogens with zero attached hydrogens (tertiary/aromatic N) is 4. The Kier molecular flexibility index (Phi) is 3.82. The second-order valence-corrected chi connectivity index (χ2v) is 5.91. The van der Waals surface area contributed by atoms with Crippen LogP contribution in [0.1, 0.15) is 27.7 Å². The molecule has 5 nitrogen and oxygen atoms in total. The highest BCUT2D eigenvalue weighted by Crippen LogP contribution is 2.25. The molecular formula is C20H16N4O. The molecule has 5 heteroatoms. The standard InChI is InChI=1S/C20H16N4O/c1-14-9-11-15(12-10-14)20(25)19(17-7-4-5-13-21-17)24-18-8-3-2-6-16(18)22-23-24/h2-13,19H,1H3. The fraction of sp³-hybridized carbons (Fsp3) is 0.100. The number of pyridine rings is 1. The van der Waals surface area contributed by atoms with Gasteiger partial charge in [-0.15, -0.1) is 5.10 Å². The van der Waals surface area contributed by atoms with Crippen LogP contribution >= 0.6 is 0 Å². The summed E-state index contributed by atoms with van der Waals surface area (Å²) in [6.07, 6.45) is 1.68. The third kappa shape index (κ3) is 2.80. The second-order valence-electron chi connectivity index (χ2n) is 5.91. The summed E-state index contributed by atoms with van der Waals surface area (Å²) in [5, 5.41) is 8.43. The summed E-state index contributed by atoms with van der Waals surface area (Å²) in [7, 11) is 0. The van der Waals surface area contributed by atoms with Crippen molar-refractivity contribution in [2.45, 2.75) is 13.0 Å². The molecule has 0 aliphatic heterocycles. The largest absolute Gasteiger partial charge is 0.291 e. The van der Waals surface area contributed by atoms with Crippen molar-refractivity contribution in [1.82, 2.24) is 20.0 Å². The molecule has 4 aromatic rings. The van der Waals surface area contributed by atoms with E-state index in [-0.39, 0.29) is 5.78 Å². The number of carbonyl (C=O) groups excluding carboxylic acids is 1. The first-order valence-corrected chi connectivity index (χ1v) is 8.06. The van der Waals surface area contributed by atoms with E-state index < -0.39 is 6.04 Å². The summed E-state index contributed by atoms with van der Waals surface area (Å²) in [6, 6.07) is 20.0. The molecular weight excluding hydrogens is 312 g/mol. The highest BCUT2D eigenvalue weighted by atomic mass is 16.1. The minimum Gasteiger partial charge on any atom is -0.291 e. The molecule has 122 valence electrons. The van der Waals surface area contributed by atoms with Crippen LogP contribution in [0.5, 0.6) is 0 Å². The van der Waals surface area contributed by atoms with E-state index in [1.807, 2.05) is 73.7 Å². The Labute approximate surface area is 144 Å². The predicted octanol–water partition coefficient (Wildman–Crippen LogP) is 3.61. The number of hydrogen-bond donors (Lipinski definition) is 0. The minimum absolute atomic E-state index is 0.0608. The molecule has 0 aliphatic carbocycles. The molecule has 0 radical (unpaired) electrons. The monoisotopic (exact) mass is 328 g/mol. The molecule has 25 heavy (non-hydrogen) atoms. The lowest BCUT2D eigenvalue weighted by Gasteiger charge is -2.16. The van der Waals surface area contributed by atoms with Crippen molar-refractivity contribution in [3.05, 3.63) is 89.7 Å². The van der Waals surface area contributed by atoms with Crippen LogP contribution in [-0.4, -0.2) is 25.8 Å². The molecule has 1 atom stereocenters. The topological polar surface area (TPSA) is 60.7 Å². The van der Waals surface area contributed by atoms with E-state index in [0.29, 0.717) is 11.3 Å². The maximum atomic E-state index is 13.3. The lowest BCUT2D eigenvalue weighted by Crippen LogP contribution is -2.23. The number of para-hydroxylation sites is 1. The maximum Gasteiger partial charge on any atom is 0.193 e. The van der Waals surface area contributed by atoms with Crippen molar-refractivity contribution in [2.24, 2.45) is 0 Å². The number of aromatic nitrogens is 4. The van der Waals surface area contributed by atoms with Crippen molar-refractivity contribution in [2.75, 3.05) is 0 Å². The second kappa shape index (κ2) is 6.28. The van der Waals surface area contributed by atoms with E-state index in [0.717, 1.165) is 16.6 Å². The molecule has 0 saturated heterocycles. The Morgan fingerprint density at radius 2 is 1.72 bits per heavy atom. The van der Waals surface area contributed by atoms with Gasteiger partial charge in [-0.3, -0.25) is 9.78 Å². The van der Waals surface area contributed by atoms with Gasteiger partial charge < -0.3 is 0 Å². The average Bonchev–Trinajstić information content (AvgIpc) is 3.07. The van der Waals surface area contributed by atoms with Crippen LogP contribution in [0, 0.1) is 6.92 Å². The highest BCUT2D eigenvalue weighted by Gasteiger charge is 2.27. The van der Waals surface area contributed by atoms with Gasteiger partial charge in [-0.25, -0.2) is 4.68 Å². The van der Waals surface area contributed by atoms with Gasteiger partial charge in [-0.1, -0.05) is 53.2 Å². The van der Waals surface area contributed by atoms with Crippen LogP contribution in [-0.2, 0) is 0 Å². The Morgan fingerprint density at radius 1 is 0.960 bits per heavy atom. The molecule has 2 heterocycles. The van der Waals surface area contributed by atoms with E-state index in [9.17, 15) is 4.79 Å². The number of aryl methyl sites for hydroxylation is 1. The van der Waals surface area contributed by atoms with E-state index in [2.05, 4.69) is 15.3 Å². The molecule has 0 fully saturated rings. The minimum atomic E-state index is -0.656. The summed E-state index contributed by atoms with van der Waals surface area (Å²) in [5.74, 6) is -0.0608. The van der Waals surface area contributed by atoms with Crippen LogP contribution in [0.15, 0.2) is 72.9 Å². The van der Waals surface area contributed by atoms with Gasteiger partial charge in [-0.2, -0.15) is 0 Å². The van der Waals surface area contributed by atoms with Gasteiger partial charge >= 0.3 is 0 Å². The van der Waals surface area contributed by atoms with Gasteiger partial charge in [0.1, 0.15) is 5.52 Å². The summed E-state index contributed by atoms with van der Waals surface area (Å²) < 4.78 is 1.65. The van der Waals surface area contributed by atoms with Crippen molar-refractivity contribution in [3.63, 3.8) is 0 Å². The van der Waals surface area contributed by atoms with Crippen LogP contribution in [0.25, 0.3) is 11.0 Å². The number of fused-ring (bicyclic) bond motifs is 1. The number of carbonyl (C=O) groups is 1. The summed E-state index contributed by atoms with van der Waals surface area (Å²) in [4.78, 5) is 17.7. The average molecular weight is 328 g/mol. The van der Waals surface area contributed by atoms with Gasteiger partial charge in [0.25, 0.3) is 0 Å². The van der Waals surface area contributed by atoms with Crippen molar-refractivity contribution >= 4 is 16.8 Å². The summed E-state index contributed by atoms with van der Waals surface area (Å²) >= 11 is 0. The zero-order valence-corrected chi connectivity index (χ0v) is 13.7. The maximum absolute atomic E-state index is 13.3. The van der Waals surface area contributed by atoms with E-state index >= 15 is 0 Å². The molecule has 0 aliphatic rings. The predicted molar refractivity (Wildman–Crippen MR) is 95.4 cm³/mol. The van der Waals surface area contributed by atoms with Gasteiger partial charge in [0.05, 0.1) is 11.2 Å². The van der Waals surface area contributed by atoms with Gasteiger partial charge in [0, 0.05) is 11.8 Å². The molecule has 1 unspecified atom stereocenters. The normalized spacial score (nSPS) is 12.2. The SMILES string of the molecule is Cc1ccc(C(=O)C(c2ccccn2)n2nnc3ccccc32)cc1. The molecule has 0 N–H and O–H groups in total. The summed E-state index contributed by atoms with van der Waals surface area (Å²) in [5.41, 5.74) is 3.93. The first-order valence-electron chi connectivity index (χ1n) is 8.06. The summed E-state index contributed by atoms with van der Waals surface area (Å²) in [6.45, 7) is 2.00. The molecule has 2 aromatic heterocycles. The van der Waals surface area contributed by atoms with Crippen LogP contribution < -0.4 is 0 Å². The molecule has 4 rings (SSSR count). The van der Waals surface area contributed by atoms with Crippen LogP contribution in [0.4, 0.5) is 0 Å². The zero-order chi connectivity index (χ0) is 17.2. The fourth-order valence-electron chi connectivity index (χ4n) is 2.86. The van der Waals surface area contributed by atoms with Crippen LogP contribution in [0.3, 0.4) is 0 Å². The third-order valence-corrected chi connectivity index (χ3v) is 4.17. The first-order chi connectivity index (χ1) is 12.2. The van der Waals surface area contributed by atoms with E-state index in [4.69, 9.17) is 0 Å². The fourth-order valence-corrected chi connectivity index (χ4v) is 2.86. The lowest BCUT2D eigenvalue weighted by molar-refractivity contribution is 0.0939. The van der Waals surface area contributed by atoms with Crippen molar-refractivity contribution in [1.29, 1.82) is 0 Å². The highest BCUT2D eigenvalue weighted by molar-refractivity contribution is 6.01. The number of hydrogen-bond acceptors (Lipinski definition) is 4. The molecule has 0 spiro atoms. The first kappa shape index (κ1) is 15.2. The lowest BCUT2D eigenvalue weighted by atomic mass is 10.00. The van der Waals surface area contributed by atoms with E-state index in [1.165, 1.54) is 0 Å². The molecule has 0 bridgehead atoms. The quantitative estimate of drug-likeness (QED) is 0.537. The third-order valence-electron chi connectivity index (χ3n) is 4.17. The molecule has 0 saturated carbocycles.